The normalized spacial score (nSPS) is 22.6. The number of benzene rings is 2. The molecule has 0 bridgehead atoms. The van der Waals surface area contributed by atoms with E-state index in [1.54, 1.807) is 12.1 Å². The van der Waals surface area contributed by atoms with Gasteiger partial charge in [-0.1, -0.05) is 55.7 Å². The van der Waals surface area contributed by atoms with Gasteiger partial charge in [-0.25, -0.2) is 4.85 Å². The van der Waals surface area contributed by atoms with E-state index in [0.29, 0.717) is 17.4 Å². The van der Waals surface area contributed by atoms with Crippen molar-refractivity contribution in [2.75, 3.05) is 41.3 Å². The lowest BCUT2D eigenvalue weighted by molar-refractivity contribution is -0.125. The first kappa shape index (κ1) is 32.2. The van der Waals surface area contributed by atoms with Crippen LogP contribution in [0.2, 0.25) is 0 Å². The predicted octanol–water partition coefficient (Wildman–Crippen LogP) is 6.35. The van der Waals surface area contributed by atoms with E-state index >= 15 is 0 Å². The van der Waals surface area contributed by atoms with Gasteiger partial charge in [-0.2, -0.15) is 5.26 Å². The Hall–Kier alpha value is -3.03. The molecular weight excluding hydrogens is 484 g/mol. The van der Waals surface area contributed by atoms with Crippen LogP contribution in [0.25, 0.3) is 4.85 Å². The molecule has 0 heterocycles. The van der Waals surface area contributed by atoms with Gasteiger partial charge in [0.25, 0.3) is 0 Å². The standard InChI is InChI=1S/C16H22N2O.C9H17NO.C8H7N/c1-17-15-9-6-8-13(11-15)16(19)10-5-4-7-14(16)12-18(2)3;1-10(2)7-8-5-3-4-6-9(8)11;1-7-3-2-4-8(5-7)6-9/h6,8-9,11,14,19H,4-5,7,10,12H2,2-3H3;8H,3-7H2,1-2H3;2-5H,1H3. The lowest BCUT2D eigenvalue weighted by Crippen LogP contribution is -2.43. The first-order chi connectivity index (χ1) is 18.6. The van der Waals surface area contributed by atoms with Gasteiger partial charge in [0.2, 0.25) is 0 Å². The smallest absolute Gasteiger partial charge is 0.187 e. The highest BCUT2D eigenvalue weighted by Crippen LogP contribution is 2.42. The summed E-state index contributed by atoms with van der Waals surface area (Å²) in [5.41, 5.74) is 2.61. The van der Waals surface area contributed by atoms with Crippen LogP contribution >= 0.6 is 0 Å². The summed E-state index contributed by atoms with van der Waals surface area (Å²) < 4.78 is 0. The first-order valence-electron chi connectivity index (χ1n) is 14.1. The SMILES string of the molecule is CN(C)CC1CCCCC1=O.Cc1cccc(C#N)c1.[C-]#[N+]c1cccc(C2(O)CCCCC2CN(C)C)c1. The molecule has 6 nitrogen and oxygen atoms in total. The summed E-state index contributed by atoms with van der Waals surface area (Å²) in [6.45, 7) is 10.9. The summed E-state index contributed by atoms with van der Waals surface area (Å²) in [5, 5.41) is 19.6. The Morgan fingerprint density at radius 2 is 1.69 bits per heavy atom. The molecule has 1 N–H and O–H groups in total. The summed E-state index contributed by atoms with van der Waals surface area (Å²) in [6, 6.07) is 17.1. The fourth-order valence-electron chi connectivity index (χ4n) is 5.54. The van der Waals surface area contributed by atoms with Crippen molar-refractivity contribution in [3.8, 4) is 6.07 Å². The minimum Gasteiger partial charge on any atom is -0.385 e. The highest BCUT2D eigenvalue weighted by atomic mass is 16.3. The molecule has 0 aliphatic heterocycles. The molecule has 3 atom stereocenters. The van der Waals surface area contributed by atoms with Crippen LogP contribution in [0.15, 0.2) is 48.5 Å². The van der Waals surface area contributed by atoms with Crippen molar-refractivity contribution in [1.82, 2.24) is 9.80 Å². The van der Waals surface area contributed by atoms with Crippen LogP contribution in [0.5, 0.6) is 0 Å². The summed E-state index contributed by atoms with van der Waals surface area (Å²) >= 11 is 0. The van der Waals surface area contributed by atoms with E-state index in [0.717, 1.165) is 68.3 Å². The number of aliphatic hydroxyl groups is 1. The van der Waals surface area contributed by atoms with Gasteiger partial charge in [0.05, 0.1) is 23.8 Å². The molecule has 2 aliphatic rings. The quantitative estimate of drug-likeness (QED) is 0.456. The minimum atomic E-state index is -0.775. The predicted molar refractivity (Wildman–Crippen MR) is 159 cm³/mol. The summed E-state index contributed by atoms with van der Waals surface area (Å²) in [5.74, 6) is 1.06. The topological polar surface area (TPSA) is 71.9 Å². The van der Waals surface area contributed by atoms with Crippen molar-refractivity contribution in [1.29, 1.82) is 5.26 Å². The number of ketones is 1. The monoisotopic (exact) mass is 530 g/mol. The summed E-state index contributed by atoms with van der Waals surface area (Å²) in [6.07, 6.45) is 8.37. The van der Waals surface area contributed by atoms with Crippen molar-refractivity contribution in [3.05, 3.63) is 76.6 Å². The Morgan fingerprint density at radius 3 is 2.28 bits per heavy atom. The van der Waals surface area contributed by atoms with Gasteiger partial charge in [0.15, 0.2) is 5.69 Å². The lowest BCUT2D eigenvalue weighted by Gasteiger charge is -2.42. The van der Waals surface area contributed by atoms with E-state index in [9.17, 15) is 9.90 Å². The molecular formula is C33H46N4O2. The molecule has 0 spiro atoms. The molecule has 0 saturated heterocycles. The second-order valence-corrected chi connectivity index (χ2v) is 11.4. The number of hydrogen-bond acceptors (Lipinski definition) is 5. The second-order valence-electron chi connectivity index (χ2n) is 11.4. The van der Waals surface area contributed by atoms with Crippen molar-refractivity contribution >= 4 is 11.5 Å². The molecule has 0 radical (unpaired) electrons. The van der Waals surface area contributed by atoms with Crippen LogP contribution in [-0.4, -0.2) is 62.0 Å². The van der Waals surface area contributed by atoms with Crippen molar-refractivity contribution in [3.63, 3.8) is 0 Å². The van der Waals surface area contributed by atoms with E-state index in [1.807, 2.05) is 71.5 Å². The van der Waals surface area contributed by atoms with Gasteiger partial charge in [-0.15, -0.1) is 0 Å². The van der Waals surface area contributed by atoms with Crippen molar-refractivity contribution in [2.45, 2.75) is 63.9 Å². The third kappa shape index (κ3) is 10.6. The maximum Gasteiger partial charge on any atom is 0.187 e. The maximum absolute atomic E-state index is 11.3. The highest BCUT2D eigenvalue weighted by molar-refractivity contribution is 5.81. The minimum absolute atomic E-state index is 0.247. The third-order valence-electron chi connectivity index (χ3n) is 7.51. The third-order valence-corrected chi connectivity index (χ3v) is 7.51. The van der Waals surface area contributed by atoms with Gasteiger partial charge in [-0.3, -0.25) is 4.79 Å². The average Bonchev–Trinajstić information content (AvgIpc) is 2.91. The van der Waals surface area contributed by atoms with E-state index < -0.39 is 5.60 Å². The second kappa shape index (κ2) is 16.2. The fourth-order valence-corrected chi connectivity index (χ4v) is 5.54. The van der Waals surface area contributed by atoms with Gasteiger partial charge in [0.1, 0.15) is 5.78 Å². The molecule has 2 fully saturated rings. The number of aryl methyl sites for hydroxylation is 1. The van der Waals surface area contributed by atoms with Gasteiger partial charge < -0.3 is 14.9 Å². The van der Waals surface area contributed by atoms with Crippen LogP contribution in [0.4, 0.5) is 5.69 Å². The Balaban J connectivity index is 0.000000226. The molecule has 6 heteroatoms. The number of hydrogen-bond donors (Lipinski definition) is 1. The van der Waals surface area contributed by atoms with Crippen LogP contribution in [-0.2, 0) is 10.4 Å². The molecule has 2 aliphatic carbocycles. The van der Waals surface area contributed by atoms with Crippen LogP contribution in [0.3, 0.4) is 0 Å². The molecule has 0 aromatic heterocycles. The largest absolute Gasteiger partial charge is 0.385 e. The number of carbonyl (C=O) groups excluding carboxylic acids is 1. The van der Waals surface area contributed by atoms with Gasteiger partial charge in [0, 0.05) is 31.3 Å². The zero-order valence-corrected chi connectivity index (χ0v) is 24.5. The number of carbonyl (C=O) groups is 1. The molecule has 39 heavy (non-hydrogen) atoms. The maximum atomic E-state index is 11.3. The average molecular weight is 531 g/mol. The molecule has 2 aromatic carbocycles. The highest BCUT2D eigenvalue weighted by Gasteiger charge is 2.40. The zero-order valence-electron chi connectivity index (χ0n) is 24.5. The zero-order chi connectivity index (χ0) is 28.8. The summed E-state index contributed by atoms with van der Waals surface area (Å²) in [4.78, 5) is 19.0. The van der Waals surface area contributed by atoms with Crippen molar-refractivity contribution < 1.29 is 9.90 Å². The van der Waals surface area contributed by atoms with E-state index in [2.05, 4.69) is 20.7 Å². The molecule has 3 unspecified atom stereocenters. The Labute approximate surface area is 236 Å². The molecule has 2 saturated carbocycles. The van der Waals surface area contributed by atoms with Crippen molar-refractivity contribution in [2.24, 2.45) is 11.8 Å². The van der Waals surface area contributed by atoms with Crippen LogP contribution in [0, 0.1) is 36.7 Å². The Bertz CT molecular complexity index is 1130. The first-order valence-corrected chi connectivity index (χ1v) is 14.1. The number of rotatable bonds is 5. The number of nitrogens with zero attached hydrogens (tertiary/aromatic N) is 4. The van der Waals surface area contributed by atoms with E-state index in [1.165, 1.54) is 12.8 Å². The number of Topliss-reactive ketones (excluding diaryl/α,β-unsaturated/α-hetero) is 1. The molecule has 4 rings (SSSR count). The van der Waals surface area contributed by atoms with Crippen LogP contribution in [0.1, 0.15) is 68.1 Å². The fraction of sp³-hybridized carbons (Fsp3) is 0.545. The van der Waals surface area contributed by atoms with Gasteiger partial charge >= 0.3 is 0 Å². The van der Waals surface area contributed by atoms with Gasteiger partial charge in [-0.05, 0) is 84.1 Å². The Morgan fingerprint density at radius 1 is 1.00 bits per heavy atom. The molecule has 2 aromatic rings. The van der Waals surface area contributed by atoms with E-state index in [4.69, 9.17) is 11.8 Å². The number of nitriles is 1. The lowest BCUT2D eigenvalue weighted by atomic mass is 9.71. The Kier molecular flexibility index (Phi) is 13.3. The summed E-state index contributed by atoms with van der Waals surface area (Å²) in [7, 11) is 8.15. The molecule has 210 valence electrons. The van der Waals surface area contributed by atoms with E-state index in [-0.39, 0.29) is 5.92 Å². The van der Waals surface area contributed by atoms with Crippen LogP contribution < -0.4 is 0 Å². The molecule has 0 amide bonds.